The van der Waals surface area contributed by atoms with Crippen LogP contribution in [0.1, 0.15) is 18.1 Å². The standard InChI is InChI=1S/C25H18Cl2N2O8S2/c1-2-36-21-12-16(11-20(27)23(21)37-39(34,35)19-9-5-17(26)6-10-19)13-22-24(30)28(25(31)38-22)14-15-3-7-18(8-4-15)29(32)33/h3-13H,2,14H2,1H3/b22-13-. The number of nitro groups is 1. The largest absolute Gasteiger partial charge is 0.490 e. The molecule has 2 amide bonds. The second kappa shape index (κ2) is 11.7. The lowest BCUT2D eigenvalue weighted by Crippen LogP contribution is -2.27. The first-order valence-electron chi connectivity index (χ1n) is 11.1. The molecule has 0 saturated carbocycles. The number of imide groups is 1. The molecule has 0 N–H and O–H groups in total. The van der Waals surface area contributed by atoms with E-state index in [1.807, 2.05) is 0 Å². The topological polar surface area (TPSA) is 133 Å². The Bertz CT molecular complexity index is 1590. The molecule has 0 unspecified atom stereocenters. The normalized spacial score (nSPS) is 14.6. The summed E-state index contributed by atoms with van der Waals surface area (Å²) in [6.07, 6.45) is 1.42. The van der Waals surface area contributed by atoms with Gasteiger partial charge in [0.15, 0.2) is 5.75 Å². The van der Waals surface area contributed by atoms with E-state index in [1.54, 1.807) is 6.92 Å². The number of rotatable bonds is 9. The van der Waals surface area contributed by atoms with Crippen LogP contribution < -0.4 is 8.92 Å². The SMILES string of the molecule is CCOc1cc(/C=C2\SC(=O)N(Cc3ccc([N+](=O)[O-])cc3)C2=O)cc(Cl)c1OS(=O)(=O)c1ccc(Cl)cc1. The molecule has 202 valence electrons. The van der Waals surface area contributed by atoms with Crippen LogP contribution in [-0.2, 0) is 21.5 Å². The number of nitro benzene ring substituents is 1. The van der Waals surface area contributed by atoms with Gasteiger partial charge >= 0.3 is 10.1 Å². The molecule has 0 atom stereocenters. The highest BCUT2D eigenvalue weighted by atomic mass is 35.5. The average molecular weight is 609 g/mol. The van der Waals surface area contributed by atoms with Crippen LogP contribution in [-0.4, -0.2) is 36.0 Å². The number of nitrogens with zero attached hydrogens (tertiary/aromatic N) is 2. The Morgan fingerprint density at radius 3 is 2.33 bits per heavy atom. The molecule has 0 aliphatic carbocycles. The van der Waals surface area contributed by atoms with Gasteiger partial charge in [-0.05, 0) is 72.3 Å². The lowest BCUT2D eigenvalue weighted by molar-refractivity contribution is -0.384. The summed E-state index contributed by atoms with van der Waals surface area (Å²) in [7, 11) is -4.27. The fourth-order valence-corrected chi connectivity index (χ4v) is 5.69. The molecule has 3 aromatic rings. The highest BCUT2D eigenvalue weighted by Crippen LogP contribution is 2.40. The minimum absolute atomic E-state index is 0.0129. The Labute approximate surface area is 237 Å². The third-order valence-corrected chi connectivity index (χ3v) is 7.96. The van der Waals surface area contributed by atoms with Crippen molar-refractivity contribution >= 4 is 68.0 Å². The number of hydrogen-bond acceptors (Lipinski definition) is 9. The number of non-ortho nitro benzene ring substituents is 1. The third kappa shape index (κ3) is 6.53. The smallest absolute Gasteiger partial charge is 0.339 e. The number of benzene rings is 3. The molecule has 1 aliphatic rings. The van der Waals surface area contributed by atoms with Gasteiger partial charge in [0.1, 0.15) is 4.90 Å². The van der Waals surface area contributed by atoms with Gasteiger partial charge in [-0.2, -0.15) is 8.42 Å². The van der Waals surface area contributed by atoms with Crippen molar-refractivity contribution < 1.29 is 31.9 Å². The van der Waals surface area contributed by atoms with Crippen LogP contribution in [0.4, 0.5) is 10.5 Å². The van der Waals surface area contributed by atoms with Crippen LogP contribution in [0, 0.1) is 10.1 Å². The van der Waals surface area contributed by atoms with E-state index in [-0.39, 0.29) is 45.2 Å². The highest BCUT2D eigenvalue weighted by molar-refractivity contribution is 8.18. The summed E-state index contributed by atoms with van der Waals surface area (Å²) >= 11 is 12.9. The monoisotopic (exact) mass is 608 g/mol. The quantitative estimate of drug-likeness (QED) is 0.119. The second-order valence-electron chi connectivity index (χ2n) is 7.95. The van der Waals surface area contributed by atoms with E-state index in [2.05, 4.69) is 0 Å². The van der Waals surface area contributed by atoms with Gasteiger partial charge in [0.25, 0.3) is 16.8 Å². The molecule has 1 saturated heterocycles. The van der Waals surface area contributed by atoms with Crippen LogP contribution >= 0.6 is 35.0 Å². The number of ether oxygens (including phenoxy) is 1. The first-order valence-corrected chi connectivity index (χ1v) is 14.1. The van der Waals surface area contributed by atoms with Crippen LogP contribution in [0.5, 0.6) is 11.5 Å². The van der Waals surface area contributed by atoms with Gasteiger partial charge in [-0.3, -0.25) is 24.6 Å². The molecule has 0 bridgehead atoms. The summed E-state index contributed by atoms with van der Waals surface area (Å²) in [6.45, 7) is 1.77. The van der Waals surface area contributed by atoms with Gasteiger partial charge < -0.3 is 8.92 Å². The summed E-state index contributed by atoms with van der Waals surface area (Å²) in [5.74, 6) is -0.793. The number of thioether (sulfide) groups is 1. The van der Waals surface area contributed by atoms with Crippen molar-refractivity contribution in [3.8, 4) is 11.5 Å². The van der Waals surface area contributed by atoms with E-state index in [9.17, 15) is 28.1 Å². The van der Waals surface area contributed by atoms with Crippen molar-refractivity contribution in [3.63, 3.8) is 0 Å². The lowest BCUT2D eigenvalue weighted by atomic mass is 10.1. The fourth-order valence-electron chi connectivity index (χ4n) is 3.47. The summed E-state index contributed by atoms with van der Waals surface area (Å²) in [6, 6.07) is 13.7. The van der Waals surface area contributed by atoms with Gasteiger partial charge in [0, 0.05) is 17.2 Å². The van der Waals surface area contributed by atoms with Crippen molar-refractivity contribution in [1.82, 2.24) is 4.90 Å². The first kappa shape index (κ1) is 28.4. The molecular weight excluding hydrogens is 591 g/mol. The van der Waals surface area contributed by atoms with Gasteiger partial charge in [0.05, 0.1) is 28.0 Å². The Morgan fingerprint density at radius 2 is 1.72 bits per heavy atom. The Morgan fingerprint density at radius 1 is 1.05 bits per heavy atom. The molecule has 39 heavy (non-hydrogen) atoms. The number of carbonyl (C=O) groups is 2. The van der Waals surface area contributed by atoms with Crippen molar-refractivity contribution in [2.75, 3.05) is 6.61 Å². The molecular formula is C25H18Cl2N2O8S2. The van der Waals surface area contributed by atoms with Gasteiger partial charge in [0.2, 0.25) is 5.75 Å². The molecule has 4 rings (SSSR count). The van der Waals surface area contributed by atoms with Gasteiger partial charge in [-0.1, -0.05) is 35.3 Å². The van der Waals surface area contributed by atoms with Crippen LogP contribution in [0.25, 0.3) is 6.08 Å². The lowest BCUT2D eigenvalue weighted by Gasteiger charge is -2.14. The Kier molecular flexibility index (Phi) is 8.50. The predicted molar refractivity (Wildman–Crippen MR) is 146 cm³/mol. The zero-order chi connectivity index (χ0) is 28.3. The Balaban J connectivity index is 1.59. The molecule has 0 radical (unpaired) electrons. The number of halogens is 2. The minimum atomic E-state index is -4.27. The molecule has 1 heterocycles. The van der Waals surface area contributed by atoms with E-state index in [0.29, 0.717) is 27.9 Å². The third-order valence-electron chi connectivity index (χ3n) is 5.29. The average Bonchev–Trinajstić information content (AvgIpc) is 3.14. The molecule has 14 heteroatoms. The van der Waals surface area contributed by atoms with Gasteiger partial charge in [-0.25, -0.2) is 0 Å². The zero-order valence-corrected chi connectivity index (χ0v) is 23.1. The van der Waals surface area contributed by atoms with Gasteiger partial charge in [-0.15, -0.1) is 0 Å². The molecule has 0 spiro atoms. The van der Waals surface area contributed by atoms with E-state index in [0.717, 1.165) is 4.90 Å². The maximum absolute atomic E-state index is 13.0. The van der Waals surface area contributed by atoms with E-state index in [4.69, 9.17) is 32.1 Å². The number of hydrogen-bond donors (Lipinski definition) is 0. The molecule has 0 aromatic heterocycles. The van der Waals surface area contributed by atoms with Crippen LogP contribution in [0.3, 0.4) is 0 Å². The minimum Gasteiger partial charge on any atom is -0.490 e. The van der Waals surface area contributed by atoms with Crippen LogP contribution in [0.2, 0.25) is 10.0 Å². The van der Waals surface area contributed by atoms with Crippen molar-refractivity contribution in [3.05, 3.63) is 96.9 Å². The van der Waals surface area contributed by atoms with E-state index >= 15 is 0 Å². The fraction of sp³-hybridized carbons (Fsp3) is 0.120. The summed E-state index contributed by atoms with van der Waals surface area (Å²) in [5.41, 5.74) is 0.790. The number of carbonyl (C=O) groups excluding carboxylic acids is 2. The van der Waals surface area contributed by atoms with Crippen molar-refractivity contribution in [2.45, 2.75) is 18.4 Å². The Hall–Kier alpha value is -3.58. The molecule has 1 fully saturated rings. The predicted octanol–water partition coefficient (Wildman–Crippen LogP) is 6.30. The summed E-state index contributed by atoms with van der Waals surface area (Å²) < 4.78 is 36.4. The van der Waals surface area contributed by atoms with Crippen LogP contribution in [0.15, 0.2) is 70.5 Å². The maximum atomic E-state index is 13.0. The highest BCUT2D eigenvalue weighted by Gasteiger charge is 2.35. The second-order valence-corrected chi connectivity index (χ2v) is 11.3. The van der Waals surface area contributed by atoms with Crippen molar-refractivity contribution in [1.29, 1.82) is 0 Å². The first-order chi connectivity index (χ1) is 18.5. The number of amides is 2. The zero-order valence-electron chi connectivity index (χ0n) is 20.0. The van der Waals surface area contributed by atoms with E-state index in [1.165, 1.54) is 66.7 Å². The maximum Gasteiger partial charge on any atom is 0.339 e. The summed E-state index contributed by atoms with van der Waals surface area (Å²) in [5, 5.41) is 10.6. The molecule has 3 aromatic carbocycles. The summed E-state index contributed by atoms with van der Waals surface area (Å²) in [4.78, 5) is 36.8. The molecule has 10 nitrogen and oxygen atoms in total. The van der Waals surface area contributed by atoms with E-state index < -0.39 is 26.2 Å². The molecule has 1 aliphatic heterocycles. The van der Waals surface area contributed by atoms with Crippen molar-refractivity contribution in [2.24, 2.45) is 0 Å².